The molecule has 3 aromatic carbocycles. The van der Waals surface area contributed by atoms with E-state index in [0.717, 1.165) is 27.5 Å². The summed E-state index contributed by atoms with van der Waals surface area (Å²) in [6, 6.07) is 24.2. The van der Waals surface area contributed by atoms with E-state index in [0.29, 0.717) is 17.0 Å². The van der Waals surface area contributed by atoms with E-state index < -0.39 is 4.92 Å². The molecule has 0 radical (unpaired) electrons. The van der Waals surface area contributed by atoms with Gasteiger partial charge in [-0.15, -0.1) is 0 Å². The van der Waals surface area contributed by atoms with Gasteiger partial charge in [0, 0.05) is 28.6 Å². The first-order chi connectivity index (χ1) is 13.6. The highest BCUT2D eigenvalue weighted by Gasteiger charge is 2.17. The highest BCUT2D eigenvalue weighted by Crippen LogP contribution is 2.37. The zero-order chi connectivity index (χ0) is 19.7. The standard InChI is InChI=1S/C23H15N3O2/c1-15-9-11-16(12-10-15)22-19-7-2-3-8-20(19)23(25-21(22)14-24)17-5-4-6-18(13-17)26(27)28/h2-13H,1H3. The number of non-ortho nitro benzene ring substituents is 1. The molecule has 0 aliphatic carbocycles. The third-order valence-electron chi connectivity index (χ3n) is 4.69. The Labute approximate surface area is 161 Å². The van der Waals surface area contributed by atoms with Gasteiger partial charge in [0.05, 0.1) is 10.6 Å². The first-order valence-corrected chi connectivity index (χ1v) is 8.73. The molecule has 0 unspecified atom stereocenters. The molecule has 5 heteroatoms. The van der Waals surface area contributed by atoms with Crippen LogP contribution in [0.1, 0.15) is 11.3 Å². The molecule has 0 saturated heterocycles. The molecule has 0 saturated carbocycles. The molecule has 0 fully saturated rings. The van der Waals surface area contributed by atoms with E-state index in [1.807, 2.05) is 55.5 Å². The van der Waals surface area contributed by atoms with Crippen LogP contribution in [0.5, 0.6) is 0 Å². The molecule has 5 nitrogen and oxygen atoms in total. The average Bonchev–Trinajstić information content (AvgIpc) is 2.73. The number of pyridine rings is 1. The molecule has 4 aromatic rings. The van der Waals surface area contributed by atoms with Gasteiger partial charge in [0.2, 0.25) is 0 Å². The summed E-state index contributed by atoms with van der Waals surface area (Å²) in [5.74, 6) is 0. The number of aryl methyl sites for hydroxylation is 1. The Hall–Kier alpha value is -4.04. The summed E-state index contributed by atoms with van der Waals surface area (Å²) >= 11 is 0. The van der Waals surface area contributed by atoms with Crippen molar-refractivity contribution in [1.82, 2.24) is 4.98 Å². The molecule has 0 bridgehead atoms. The van der Waals surface area contributed by atoms with Gasteiger partial charge in [0.15, 0.2) is 0 Å². The van der Waals surface area contributed by atoms with Crippen LogP contribution < -0.4 is 0 Å². The molecule has 0 atom stereocenters. The summed E-state index contributed by atoms with van der Waals surface area (Å²) in [5.41, 5.74) is 4.27. The number of nitrogens with zero attached hydrogens (tertiary/aromatic N) is 3. The Morgan fingerprint density at radius 1 is 0.929 bits per heavy atom. The number of hydrogen-bond donors (Lipinski definition) is 0. The van der Waals surface area contributed by atoms with Crippen LogP contribution in [0.4, 0.5) is 5.69 Å². The molecule has 0 aliphatic rings. The number of fused-ring (bicyclic) bond motifs is 1. The number of hydrogen-bond acceptors (Lipinski definition) is 4. The SMILES string of the molecule is Cc1ccc(-c2c(C#N)nc(-c3cccc([N+](=O)[O-])c3)c3ccccc23)cc1. The summed E-state index contributed by atoms with van der Waals surface area (Å²) in [6.07, 6.45) is 0. The van der Waals surface area contributed by atoms with Gasteiger partial charge in [-0.05, 0) is 17.9 Å². The fraction of sp³-hybridized carbons (Fsp3) is 0.0435. The fourth-order valence-corrected chi connectivity index (χ4v) is 3.34. The van der Waals surface area contributed by atoms with Gasteiger partial charge in [-0.3, -0.25) is 10.1 Å². The van der Waals surface area contributed by atoms with Crippen LogP contribution in [-0.2, 0) is 0 Å². The van der Waals surface area contributed by atoms with E-state index in [-0.39, 0.29) is 5.69 Å². The van der Waals surface area contributed by atoms with Gasteiger partial charge in [-0.25, -0.2) is 4.98 Å². The van der Waals surface area contributed by atoms with Gasteiger partial charge < -0.3 is 0 Å². The number of benzene rings is 3. The van der Waals surface area contributed by atoms with Crippen molar-refractivity contribution in [3.8, 4) is 28.5 Å². The lowest BCUT2D eigenvalue weighted by Gasteiger charge is -2.13. The molecule has 0 spiro atoms. The maximum absolute atomic E-state index is 11.2. The summed E-state index contributed by atoms with van der Waals surface area (Å²) in [7, 11) is 0. The maximum atomic E-state index is 11.2. The van der Waals surface area contributed by atoms with Gasteiger partial charge >= 0.3 is 0 Å². The number of nitriles is 1. The van der Waals surface area contributed by atoms with E-state index in [1.165, 1.54) is 12.1 Å². The van der Waals surface area contributed by atoms with Crippen molar-refractivity contribution < 1.29 is 4.92 Å². The summed E-state index contributed by atoms with van der Waals surface area (Å²) in [5, 5.41) is 22.7. The molecule has 4 rings (SSSR count). The van der Waals surface area contributed by atoms with Gasteiger partial charge in [-0.2, -0.15) is 5.26 Å². The zero-order valence-electron chi connectivity index (χ0n) is 15.1. The Morgan fingerprint density at radius 3 is 2.32 bits per heavy atom. The van der Waals surface area contributed by atoms with Gasteiger partial charge in [0.1, 0.15) is 11.8 Å². The molecule has 0 aliphatic heterocycles. The minimum Gasteiger partial charge on any atom is -0.258 e. The van der Waals surface area contributed by atoms with Gasteiger partial charge in [-0.1, -0.05) is 66.2 Å². The molecule has 1 heterocycles. The number of nitro groups is 1. The minimum absolute atomic E-state index is 0.00972. The van der Waals surface area contributed by atoms with Gasteiger partial charge in [0.25, 0.3) is 5.69 Å². The molecular weight excluding hydrogens is 350 g/mol. The highest BCUT2D eigenvalue weighted by molar-refractivity contribution is 6.05. The predicted molar refractivity (Wildman–Crippen MR) is 109 cm³/mol. The molecule has 28 heavy (non-hydrogen) atoms. The van der Waals surface area contributed by atoms with Crippen LogP contribution in [0.3, 0.4) is 0 Å². The third-order valence-corrected chi connectivity index (χ3v) is 4.69. The van der Waals surface area contributed by atoms with Crippen LogP contribution >= 0.6 is 0 Å². The molecular formula is C23H15N3O2. The van der Waals surface area contributed by atoms with E-state index in [2.05, 4.69) is 11.1 Å². The largest absolute Gasteiger partial charge is 0.270 e. The van der Waals surface area contributed by atoms with E-state index in [1.54, 1.807) is 12.1 Å². The fourth-order valence-electron chi connectivity index (χ4n) is 3.34. The van der Waals surface area contributed by atoms with Crippen molar-refractivity contribution in [3.05, 3.63) is 94.2 Å². The second-order valence-electron chi connectivity index (χ2n) is 6.51. The summed E-state index contributed by atoms with van der Waals surface area (Å²) in [4.78, 5) is 15.3. The van der Waals surface area contributed by atoms with Crippen molar-refractivity contribution in [1.29, 1.82) is 5.26 Å². The van der Waals surface area contributed by atoms with Crippen LogP contribution in [0, 0.1) is 28.4 Å². The summed E-state index contributed by atoms with van der Waals surface area (Å²) in [6.45, 7) is 2.01. The predicted octanol–water partition coefficient (Wildman–Crippen LogP) is 5.66. The summed E-state index contributed by atoms with van der Waals surface area (Å²) < 4.78 is 0. The number of aromatic nitrogens is 1. The van der Waals surface area contributed by atoms with Crippen LogP contribution in [0.15, 0.2) is 72.8 Å². The van der Waals surface area contributed by atoms with Crippen molar-refractivity contribution in [3.63, 3.8) is 0 Å². The number of rotatable bonds is 3. The van der Waals surface area contributed by atoms with Crippen molar-refractivity contribution in [2.24, 2.45) is 0 Å². The van der Waals surface area contributed by atoms with E-state index >= 15 is 0 Å². The Bertz CT molecular complexity index is 1260. The second-order valence-corrected chi connectivity index (χ2v) is 6.51. The van der Waals surface area contributed by atoms with E-state index in [4.69, 9.17) is 0 Å². The Balaban J connectivity index is 2.05. The first kappa shape index (κ1) is 17.4. The molecule has 0 amide bonds. The van der Waals surface area contributed by atoms with Crippen molar-refractivity contribution in [2.75, 3.05) is 0 Å². The van der Waals surface area contributed by atoms with E-state index in [9.17, 15) is 15.4 Å². The van der Waals surface area contributed by atoms with Crippen LogP contribution in [0.2, 0.25) is 0 Å². The average molecular weight is 365 g/mol. The molecule has 134 valence electrons. The lowest BCUT2D eigenvalue weighted by atomic mass is 9.94. The highest BCUT2D eigenvalue weighted by atomic mass is 16.6. The second kappa shape index (κ2) is 6.93. The molecule has 1 aromatic heterocycles. The lowest BCUT2D eigenvalue weighted by Crippen LogP contribution is -1.97. The maximum Gasteiger partial charge on any atom is 0.270 e. The smallest absolute Gasteiger partial charge is 0.258 e. The van der Waals surface area contributed by atoms with Crippen molar-refractivity contribution >= 4 is 16.5 Å². The lowest BCUT2D eigenvalue weighted by molar-refractivity contribution is -0.384. The Kier molecular flexibility index (Phi) is 4.30. The first-order valence-electron chi connectivity index (χ1n) is 8.73. The number of nitro benzene ring substituents is 1. The third kappa shape index (κ3) is 2.97. The topological polar surface area (TPSA) is 79.8 Å². The minimum atomic E-state index is -0.433. The molecule has 0 N–H and O–H groups in total. The van der Waals surface area contributed by atoms with Crippen LogP contribution in [0.25, 0.3) is 33.2 Å². The van der Waals surface area contributed by atoms with Crippen LogP contribution in [-0.4, -0.2) is 9.91 Å². The van der Waals surface area contributed by atoms with Crippen molar-refractivity contribution in [2.45, 2.75) is 6.92 Å². The quantitative estimate of drug-likeness (QED) is 0.347. The normalized spacial score (nSPS) is 10.6. The monoisotopic (exact) mass is 365 g/mol. The zero-order valence-corrected chi connectivity index (χ0v) is 15.1. The Morgan fingerprint density at radius 2 is 1.64 bits per heavy atom.